The average Bonchev–Trinajstić information content (AvgIpc) is 3.18. The lowest BCUT2D eigenvalue weighted by Gasteiger charge is -2.19. The lowest BCUT2D eigenvalue weighted by molar-refractivity contribution is 0.266. The van der Waals surface area contributed by atoms with Gasteiger partial charge in [-0.15, -0.1) is 0 Å². The van der Waals surface area contributed by atoms with Crippen LogP contribution < -0.4 is 5.73 Å². The summed E-state index contributed by atoms with van der Waals surface area (Å²) in [6.07, 6.45) is 6.84. The molecule has 0 radical (unpaired) electrons. The first-order valence-corrected chi connectivity index (χ1v) is 8.54. The van der Waals surface area contributed by atoms with E-state index in [9.17, 15) is 0 Å². The maximum absolute atomic E-state index is 6.06. The predicted octanol–water partition coefficient (Wildman–Crippen LogP) is 3.50. The number of nitrogens with two attached hydrogens (primary N) is 1. The molecule has 0 bridgehead atoms. The lowest BCUT2D eigenvalue weighted by atomic mass is 10.1. The van der Waals surface area contributed by atoms with E-state index in [0.29, 0.717) is 11.7 Å². The van der Waals surface area contributed by atoms with Gasteiger partial charge in [-0.1, -0.05) is 12.1 Å². The first kappa shape index (κ1) is 15.1. The van der Waals surface area contributed by atoms with Gasteiger partial charge in [0.15, 0.2) is 0 Å². The molecule has 0 saturated carbocycles. The van der Waals surface area contributed by atoms with Crippen molar-refractivity contribution in [2.75, 3.05) is 18.8 Å². The Bertz CT molecular complexity index is 857. The Kier molecular flexibility index (Phi) is 3.94. The SMILES string of the molecule is CC1CCCN1CCc1cc2ccc(-c3cnncc3N)cc2o1. The van der Waals surface area contributed by atoms with Crippen LogP contribution in [0.4, 0.5) is 5.69 Å². The summed E-state index contributed by atoms with van der Waals surface area (Å²) in [5.74, 6) is 1.04. The van der Waals surface area contributed by atoms with Crippen molar-refractivity contribution < 1.29 is 4.42 Å². The quantitative estimate of drug-likeness (QED) is 0.796. The molecule has 0 spiro atoms. The first-order valence-electron chi connectivity index (χ1n) is 8.54. The number of nitrogens with zero attached hydrogens (tertiary/aromatic N) is 3. The van der Waals surface area contributed by atoms with Gasteiger partial charge in [0.05, 0.1) is 18.1 Å². The third-order valence-electron chi connectivity index (χ3n) is 4.98. The van der Waals surface area contributed by atoms with Crippen molar-refractivity contribution in [1.82, 2.24) is 15.1 Å². The van der Waals surface area contributed by atoms with Crippen LogP contribution in [0.3, 0.4) is 0 Å². The molecule has 1 atom stereocenters. The van der Waals surface area contributed by atoms with E-state index in [0.717, 1.165) is 40.8 Å². The molecule has 24 heavy (non-hydrogen) atoms. The van der Waals surface area contributed by atoms with Gasteiger partial charge in [0.25, 0.3) is 0 Å². The van der Waals surface area contributed by atoms with Gasteiger partial charge in [-0.2, -0.15) is 10.2 Å². The van der Waals surface area contributed by atoms with E-state index < -0.39 is 0 Å². The standard InChI is InChI=1S/C19H22N4O/c1-13-3-2-7-23(13)8-6-16-9-15-5-4-14(10-19(15)24-16)17-11-21-22-12-18(17)20/h4-5,9-13H,2-3,6-8H2,1H3,(H2,20,21). The van der Waals surface area contributed by atoms with Gasteiger partial charge in [0, 0.05) is 30.0 Å². The smallest absolute Gasteiger partial charge is 0.134 e. The van der Waals surface area contributed by atoms with E-state index in [1.807, 2.05) is 6.07 Å². The highest BCUT2D eigenvalue weighted by Crippen LogP contribution is 2.29. The number of anilines is 1. The Labute approximate surface area is 141 Å². The van der Waals surface area contributed by atoms with Crippen LogP contribution in [0, 0.1) is 0 Å². The molecule has 3 heterocycles. The number of benzene rings is 1. The average molecular weight is 322 g/mol. The zero-order valence-corrected chi connectivity index (χ0v) is 13.9. The van der Waals surface area contributed by atoms with Crippen molar-refractivity contribution in [3.8, 4) is 11.1 Å². The van der Waals surface area contributed by atoms with Crippen LogP contribution in [0.2, 0.25) is 0 Å². The van der Waals surface area contributed by atoms with Gasteiger partial charge in [0.1, 0.15) is 11.3 Å². The Hall–Kier alpha value is -2.40. The van der Waals surface area contributed by atoms with Gasteiger partial charge >= 0.3 is 0 Å². The summed E-state index contributed by atoms with van der Waals surface area (Å²) in [6, 6.07) is 9.01. The molecule has 2 N–H and O–H groups in total. The van der Waals surface area contributed by atoms with E-state index in [1.54, 1.807) is 12.4 Å². The molecule has 1 aromatic carbocycles. The third-order valence-corrected chi connectivity index (χ3v) is 4.98. The Morgan fingerprint density at radius 2 is 2.12 bits per heavy atom. The minimum Gasteiger partial charge on any atom is -0.461 e. The molecule has 5 heteroatoms. The highest BCUT2D eigenvalue weighted by Gasteiger charge is 2.20. The topological polar surface area (TPSA) is 68.2 Å². The zero-order valence-electron chi connectivity index (χ0n) is 13.9. The molecule has 1 aliphatic rings. The molecule has 124 valence electrons. The Morgan fingerprint density at radius 3 is 2.92 bits per heavy atom. The van der Waals surface area contributed by atoms with E-state index >= 15 is 0 Å². The fourth-order valence-electron chi connectivity index (χ4n) is 3.53. The van der Waals surface area contributed by atoms with E-state index in [4.69, 9.17) is 10.2 Å². The molecule has 1 saturated heterocycles. The van der Waals surface area contributed by atoms with Crippen LogP contribution in [0.15, 0.2) is 41.1 Å². The normalized spacial score (nSPS) is 18.5. The molecular formula is C19H22N4O. The second-order valence-corrected chi connectivity index (χ2v) is 6.60. The number of hydrogen-bond donors (Lipinski definition) is 1. The van der Waals surface area contributed by atoms with E-state index in [2.05, 4.69) is 40.2 Å². The number of rotatable bonds is 4. The second-order valence-electron chi connectivity index (χ2n) is 6.60. The molecule has 1 aliphatic heterocycles. The molecule has 2 aromatic heterocycles. The number of furan rings is 1. The number of likely N-dealkylation sites (tertiary alicyclic amines) is 1. The molecule has 4 rings (SSSR count). The van der Waals surface area contributed by atoms with E-state index in [-0.39, 0.29) is 0 Å². The molecule has 1 unspecified atom stereocenters. The fourth-order valence-corrected chi connectivity index (χ4v) is 3.53. The van der Waals surface area contributed by atoms with Crippen molar-refractivity contribution in [3.63, 3.8) is 0 Å². The van der Waals surface area contributed by atoms with Crippen LogP contribution >= 0.6 is 0 Å². The molecular weight excluding hydrogens is 300 g/mol. The van der Waals surface area contributed by atoms with Crippen molar-refractivity contribution in [2.45, 2.75) is 32.2 Å². The largest absolute Gasteiger partial charge is 0.461 e. The number of fused-ring (bicyclic) bond motifs is 1. The van der Waals surface area contributed by atoms with Crippen LogP contribution in [-0.4, -0.2) is 34.2 Å². The zero-order chi connectivity index (χ0) is 16.5. The van der Waals surface area contributed by atoms with Crippen LogP contribution in [0.1, 0.15) is 25.5 Å². The summed E-state index contributed by atoms with van der Waals surface area (Å²) in [5.41, 5.74) is 9.40. The maximum atomic E-state index is 6.06. The number of hydrogen-bond acceptors (Lipinski definition) is 5. The van der Waals surface area contributed by atoms with Gasteiger partial charge in [-0.25, -0.2) is 0 Å². The second kappa shape index (κ2) is 6.24. The molecule has 0 amide bonds. The van der Waals surface area contributed by atoms with Gasteiger partial charge in [-0.3, -0.25) is 0 Å². The van der Waals surface area contributed by atoms with Crippen molar-refractivity contribution in [2.24, 2.45) is 0 Å². The van der Waals surface area contributed by atoms with Crippen molar-refractivity contribution in [1.29, 1.82) is 0 Å². The maximum Gasteiger partial charge on any atom is 0.134 e. The van der Waals surface area contributed by atoms with Crippen LogP contribution in [-0.2, 0) is 6.42 Å². The van der Waals surface area contributed by atoms with Gasteiger partial charge < -0.3 is 15.1 Å². The van der Waals surface area contributed by atoms with E-state index in [1.165, 1.54) is 19.4 Å². The van der Waals surface area contributed by atoms with Crippen molar-refractivity contribution >= 4 is 16.7 Å². The summed E-state index contributed by atoms with van der Waals surface area (Å²) >= 11 is 0. The summed E-state index contributed by atoms with van der Waals surface area (Å²) in [6.45, 7) is 4.58. The van der Waals surface area contributed by atoms with Gasteiger partial charge in [-0.05, 0) is 44.0 Å². The summed E-state index contributed by atoms with van der Waals surface area (Å²) in [4.78, 5) is 2.54. The highest BCUT2D eigenvalue weighted by molar-refractivity contribution is 5.86. The molecule has 5 nitrogen and oxygen atoms in total. The summed E-state index contributed by atoms with van der Waals surface area (Å²) in [5, 5.41) is 8.85. The minimum atomic E-state index is 0.624. The molecule has 1 fully saturated rings. The van der Waals surface area contributed by atoms with Gasteiger partial charge in [0.2, 0.25) is 0 Å². The molecule has 0 aliphatic carbocycles. The molecule has 3 aromatic rings. The number of aromatic nitrogens is 2. The monoisotopic (exact) mass is 322 g/mol. The van der Waals surface area contributed by atoms with Crippen molar-refractivity contribution in [3.05, 3.63) is 42.4 Å². The van der Waals surface area contributed by atoms with Crippen LogP contribution in [0.5, 0.6) is 0 Å². The fraction of sp³-hybridized carbons (Fsp3) is 0.368. The Balaban J connectivity index is 1.56. The minimum absolute atomic E-state index is 0.624. The number of nitrogen functional groups attached to an aromatic ring is 1. The first-order chi connectivity index (χ1) is 11.7. The summed E-state index contributed by atoms with van der Waals surface area (Å²) in [7, 11) is 0. The summed E-state index contributed by atoms with van der Waals surface area (Å²) < 4.78 is 6.06. The Morgan fingerprint density at radius 1 is 1.25 bits per heavy atom. The predicted molar refractivity (Wildman–Crippen MR) is 95.6 cm³/mol. The lowest BCUT2D eigenvalue weighted by Crippen LogP contribution is -2.28. The highest BCUT2D eigenvalue weighted by atomic mass is 16.3. The van der Waals surface area contributed by atoms with Crippen LogP contribution in [0.25, 0.3) is 22.1 Å². The third kappa shape index (κ3) is 2.87.